The topological polar surface area (TPSA) is 107 Å². The molecule has 0 saturated heterocycles. The van der Waals surface area contributed by atoms with Crippen molar-refractivity contribution >= 4 is 23.5 Å². The Morgan fingerprint density at radius 3 is 1.93 bits per heavy atom. The van der Waals surface area contributed by atoms with Crippen molar-refractivity contribution < 1.29 is 37.8 Å². The number of nitrogens with zero attached hydrogens (tertiary/aromatic N) is 1. The molecule has 164 valence electrons. The third-order valence-corrected chi connectivity index (χ3v) is 3.68. The third kappa shape index (κ3) is 9.42. The summed E-state index contributed by atoms with van der Waals surface area (Å²) >= 11 is 0. The van der Waals surface area contributed by atoms with E-state index in [-0.39, 0.29) is 0 Å². The number of carbonyl (C=O) groups excluding carboxylic acids is 1. The van der Waals surface area contributed by atoms with Gasteiger partial charge in [-0.25, -0.2) is 4.79 Å². The lowest BCUT2D eigenvalue weighted by Crippen LogP contribution is -2.39. The SMILES string of the molecule is Cc1ccc(CN(C)C)cc1NC(=O)C(C(=O)O)C(C)(C)C.O=C(O)C(F)(F)F. The smallest absolute Gasteiger partial charge is 0.481 e. The van der Waals surface area contributed by atoms with Gasteiger partial charge in [-0.05, 0) is 43.6 Å². The fraction of sp³-hybridized carbons (Fsp3) is 0.526. The molecule has 7 nitrogen and oxygen atoms in total. The molecule has 0 radical (unpaired) electrons. The lowest BCUT2D eigenvalue weighted by Gasteiger charge is -2.26. The van der Waals surface area contributed by atoms with Gasteiger partial charge in [-0.15, -0.1) is 0 Å². The molecule has 0 aromatic heterocycles. The van der Waals surface area contributed by atoms with Gasteiger partial charge in [-0.3, -0.25) is 9.59 Å². The van der Waals surface area contributed by atoms with Crippen LogP contribution in [-0.4, -0.2) is 53.2 Å². The van der Waals surface area contributed by atoms with Crippen molar-refractivity contribution in [2.45, 2.75) is 40.4 Å². The standard InChI is InChI=1S/C17H26N2O3.C2HF3O2/c1-11-7-8-12(10-19(5)6)9-13(11)18-15(20)14(16(21)22)17(2,3)4;3-2(4,5)1(6)7/h7-9,14H,10H2,1-6H3,(H,18,20)(H,21,22);(H,6,7). The number of aryl methyl sites for hydroxylation is 1. The fourth-order valence-electron chi connectivity index (χ4n) is 2.35. The zero-order valence-corrected chi connectivity index (χ0v) is 17.2. The van der Waals surface area contributed by atoms with Gasteiger partial charge in [0.25, 0.3) is 0 Å². The van der Waals surface area contributed by atoms with Crippen molar-refractivity contribution in [1.29, 1.82) is 0 Å². The summed E-state index contributed by atoms with van der Waals surface area (Å²) in [5.74, 6) is -5.44. The van der Waals surface area contributed by atoms with Gasteiger partial charge < -0.3 is 20.4 Å². The Bertz CT molecular complexity index is 740. The minimum absolute atomic E-state index is 0.481. The second-order valence-corrected chi connectivity index (χ2v) is 7.82. The molecule has 1 unspecified atom stereocenters. The first-order valence-electron chi connectivity index (χ1n) is 8.54. The summed E-state index contributed by atoms with van der Waals surface area (Å²) < 4.78 is 31.7. The predicted octanol–water partition coefficient (Wildman–Crippen LogP) is 3.38. The van der Waals surface area contributed by atoms with Crippen molar-refractivity contribution in [3.63, 3.8) is 0 Å². The molecule has 29 heavy (non-hydrogen) atoms. The van der Waals surface area contributed by atoms with Crippen LogP contribution in [0, 0.1) is 18.3 Å². The summed E-state index contributed by atoms with van der Waals surface area (Å²) in [6.07, 6.45) is -5.08. The molecule has 0 heterocycles. The average molecular weight is 420 g/mol. The first-order valence-corrected chi connectivity index (χ1v) is 8.54. The maximum Gasteiger partial charge on any atom is 0.490 e. The highest BCUT2D eigenvalue weighted by Crippen LogP contribution is 2.28. The van der Waals surface area contributed by atoms with E-state index in [2.05, 4.69) is 5.32 Å². The molecule has 0 saturated carbocycles. The summed E-state index contributed by atoms with van der Waals surface area (Å²) in [6.45, 7) is 7.90. The van der Waals surface area contributed by atoms with Crippen LogP contribution in [0.25, 0.3) is 0 Å². The summed E-state index contributed by atoms with van der Waals surface area (Å²) in [7, 11) is 3.94. The lowest BCUT2D eigenvalue weighted by molar-refractivity contribution is -0.192. The Kier molecular flexibility index (Phi) is 9.32. The summed E-state index contributed by atoms with van der Waals surface area (Å²) in [4.78, 5) is 34.7. The number of rotatable bonds is 5. The summed E-state index contributed by atoms with van der Waals surface area (Å²) in [6, 6.07) is 5.83. The van der Waals surface area contributed by atoms with E-state index in [9.17, 15) is 27.9 Å². The number of hydrogen-bond acceptors (Lipinski definition) is 4. The van der Waals surface area contributed by atoms with Crippen LogP contribution in [0.4, 0.5) is 18.9 Å². The maximum absolute atomic E-state index is 12.4. The van der Waals surface area contributed by atoms with Gasteiger partial charge in [0, 0.05) is 12.2 Å². The minimum Gasteiger partial charge on any atom is -0.481 e. The molecular weight excluding hydrogens is 393 g/mol. The number of nitrogens with one attached hydrogen (secondary N) is 1. The van der Waals surface area contributed by atoms with E-state index < -0.39 is 35.4 Å². The molecule has 0 aliphatic heterocycles. The number of amides is 1. The number of hydrogen-bond donors (Lipinski definition) is 3. The van der Waals surface area contributed by atoms with Crippen molar-refractivity contribution in [3.05, 3.63) is 29.3 Å². The average Bonchev–Trinajstić information content (AvgIpc) is 2.47. The van der Waals surface area contributed by atoms with Gasteiger partial charge in [-0.2, -0.15) is 13.2 Å². The Morgan fingerprint density at radius 2 is 1.59 bits per heavy atom. The number of carboxylic acids is 2. The third-order valence-electron chi connectivity index (χ3n) is 3.68. The van der Waals surface area contributed by atoms with Crippen LogP contribution < -0.4 is 5.32 Å². The van der Waals surface area contributed by atoms with Gasteiger partial charge in [0.15, 0.2) is 0 Å². The quantitative estimate of drug-likeness (QED) is 0.631. The molecular formula is C19H27F3N2O5. The van der Waals surface area contributed by atoms with Crippen LogP contribution in [0.3, 0.4) is 0 Å². The molecule has 0 fully saturated rings. The zero-order valence-electron chi connectivity index (χ0n) is 17.2. The maximum atomic E-state index is 12.4. The Labute approximate surface area is 167 Å². The van der Waals surface area contributed by atoms with Crippen LogP contribution in [0.1, 0.15) is 31.9 Å². The van der Waals surface area contributed by atoms with E-state index in [1.807, 2.05) is 44.1 Å². The number of halogens is 3. The Balaban J connectivity index is 0.000000956. The van der Waals surface area contributed by atoms with Crippen molar-refractivity contribution in [2.24, 2.45) is 11.3 Å². The van der Waals surface area contributed by atoms with Gasteiger partial charge in [-0.1, -0.05) is 32.9 Å². The van der Waals surface area contributed by atoms with Crippen LogP contribution in [-0.2, 0) is 20.9 Å². The molecule has 3 N–H and O–H groups in total. The number of anilines is 1. The molecule has 1 rings (SSSR count). The molecule has 1 amide bonds. The molecule has 1 aromatic carbocycles. The van der Waals surface area contributed by atoms with Gasteiger partial charge >= 0.3 is 18.1 Å². The minimum atomic E-state index is -5.08. The Morgan fingerprint density at radius 1 is 1.10 bits per heavy atom. The number of benzene rings is 1. The van der Waals surface area contributed by atoms with Crippen LogP contribution in [0.15, 0.2) is 18.2 Å². The highest BCUT2D eigenvalue weighted by Gasteiger charge is 2.38. The van der Waals surface area contributed by atoms with E-state index in [4.69, 9.17) is 9.90 Å². The van der Waals surface area contributed by atoms with Crippen molar-refractivity contribution in [3.8, 4) is 0 Å². The monoisotopic (exact) mass is 420 g/mol. The number of carbonyl (C=O) groups is 3. The molecule has 0 spiro atoms. The highest BCUT2D eigenvalue weighted by molar-refractivity contribution is 6.05. The van der Waals surface area contributed by atoms with E-state index in [0.29, 0.717) is 5.69 Å². The molecule has 1 atom stereocenters. The first kappa shape index (κ1) is 26.4. The fourth-order valence-corrected chi connectivity index (χ4v) is 2.35. The first-order chi connectivity index (χ1) is 13.0. The Hall–Kier alpha value is -2.62. The van der Waals surface area contributed by atoms with Crippen molar-refractivity contribution in [2.75, 3.05) is 19.4 Å². The van der Waals surface area contributed by atoms with Gasteiger partial charge in [0.2, 0.25) is 5.91 Å². The molecule has 1 aromatic rings. The van der Waals surface area contributed by atoms with Crippen LogP contribution >= 0.6 is 0 Å². The van der Waals surface area contributed by atoms with Gasteiger partial charge in [0.05, 0.1) is 0 Å². The second kappa shape index (κ2) is 10.2. The highest BCUT2D eigenvalue weighted by atomic mass is 19.4. The number of alkyl halides is 3. The number of aliphatic carboxylic acids is 2. The lowest BCUT2D eigenvalue weighted by atomic mass is 9.80. The normalized spacial score (nSPS) is 12.6. The van der Waals surface area contributed by atoms with E-state index in [1.54, 1.807) is 20.8 Å². The molecule has 0 aliphatic rings. The molecule has 10 heteroatoms. The summed E-state index contributed by atoms with van der Waals surface area (Å²) in [5.41, 5.74) is 1.99. The summed E-state index contributed by atoms with van der Waals surface area (Å²) in [5, 5.41) is 19.2. The van der Waals surface area contributed by atoms with E-state index in [0.717, 1.165) is 17.7 Å². The zero-order chi connectivity index (χ0) is 23.2. The number of carboxylic acid groups (broad SMARTS) is 2. The van der Waals surface area contributed by atoms with Gasteiger partial charge in [0.1, 0.15) is 5.92 Å². The largest absolute Gasteiger partial charge is 0.490 e. The van der Waals surface area contributed by atoms with E-state index >= 15 is 0 Å². The van der Waals surface area contributed by atoms with Crippen molar-refractivity contribution in [1.82, 2.24) is 4.90 Å². The predicted molar refractivity (Wildman–Crippen MR) is 101 cm³/mol. The molecule has 0 bridgehead atoms. The second-order valence-electron chi connectivity index (χ2n) is 7.82. The van der Waals surface area contributed by atoms with Crippen LogP contribution in [0.5, 0.6) is 0 Å². The van der Waals surface area contributed by atoms with E-state index in [1.165, 1.54) is 0 Å². The molecule has 0 aliphatic carbocycles. The van der Waals surface area contributed by atoms with Crippen LogP contribution in [0.2, 0.25) is 0 Å².